The van der Waals surface area contributed by atoms with Gasteiger partial charge in [0.25, 0.3) is 0 Å². The first-order chi connectivity index (χ1) is 9.81. The van der Waals surface area contributed by atoms with Crippen LogP contribution in [-0.2, 0) is 6.42 Å². The summed E-state index contributed by atoms with van der Waals surface area (Å²) in [6.07, 6.45) is 2.07. The highest BCUT2D eigenvalue weighted by molar-refractivity contribution is 5.24. The molecule has 2 aromatic rings. The summed E-state index contributed by atoms with van der Waals surface area (Å²) in [4.78, 5) is 0. The smallest absolute Gasteiger partial charge is 0.0657 e. The van der Waals surface area contributed by atoms with Crippen LogP contribution < -0.4 is 0 Å². The largest absolute Gasteiger partial charge is 0.267 e. The molecule has 0 aliphatic heterocycles. The molecular weight excluding hydrogens is 260 g/mol. The summed E-state index contributed by atoms with van der Waals surface area (Å²) >= 11 is 0. The second-order valence-electron chi connectivity index (χ2n) is 6.45. The molecule has 0 aliphatic rings. The molecule has 0 saturated heterocycles. The van der Waals surface area contributed by atoms with Gasteiger partial charge in [-0.25, -0.2) is 0 Å². The zero-order valence-electron chi connectivity index (χ0n) is 14.4. The van der Waals surface area contributed by atoms with Gasteiger partial charge in [-0.15, -0.1) is 0 Å². The van der Waals surface area contributed by atoms with Crippen molar-refractivity contribution in [3.8, 4) is 0 Å². The van der Waals surface area contributed by atoms with Gasteiger partial charge >= 0.3 is 0 Å². The minimum atomic E-state index is 0.405. The van der Waals surface area contributed by atoms with Gasteiger partial charge in [0.2, 0.25) is 0 Å². The maximum atomic E-state index is 4.79. The summed E-state index contributed by atoms with van der Waals surface area (Å²) in [6.45, 7) is 15.1. The summed E-state index contributed by atoms with van der Waals surface area (Å²) in [5, 5.41) is 9.38. The lowest BCUT2D eigenvalue weighted by molar-refractivity contribution is 0.443. The minimum Gasteiger partial charge on any atom is -0.267 e. The van der Waals surface area contributed by atoms with Gasteiger partial charge in [0.1, 0.15) is 0 Å². The van der Waals surface area contributed by atoms with Gasteiger partial charge in [-0.3, -0.25) is 9.36 Å². The molecule has 2 heterocycles. The van der Waals surface area contributed by atoms with Gasteiger partial charge in [0.05, 0.1) is 11.4 Å². The van der Waals surface area contributed by atoms with Crippen molar-refractivity contribution in [1.82, 2.24) is 19.6 Å². The van der Waals surface area contributed by atoms with E-state index in [1.165, 1.54) is 22.6 Å². The lowest BCUT2D eigenvalue weighted by Crippen LogP contribution is -2.10. The molecule has 0 radical (unpaired) electrons. The van der Waals surface area contributed by atoms with E-state index in [1.807, 2.05) is 6.92 Å². The van der Waals surface area contributed by atoms with E-state index in [1.54, 1.807) is 0 Å². The fourth-order valence-corrected chi connectivity index (χ4v) is 2.96. The Morgan fingerprint density at radius 2 is 1.67 bits per heavy atom. The van der Waals surface area contributed by atoms with Crippen LogP contribution >= 0.6 is 0 Å². The van der Waals surface area contributed by atoms with Crippen molar-refractivity contribution < 1.29 is 0 Å². The molecule has 4 heteroatoms. The van der Waals surface area contributed by atoms with Gasteiger partial charge in [0.15, 0.2) is 0 Å². The molecule has 1 atom stereocenters. The van der Waals surface area contributed by atoms with E-state index in [2.05, 4.69) is 62.1 Å². The Balaban J connectivity index is 2.10. The number of aryl methyl sites for hydroxylation is 3. The Morgan fingerprint density at radius 1 is 1.00 bits per heavy atom. The standard InChI is InChI=1S/C17H28N4/c1-11(2)20-16(7)15(6)17(19-20)9-8-13(4)21-14(5)10-12(3)18-21/h10-11,13H,8-9H2,1-7H3. The van der Waals surface area contributed by atoms with Gasteiger partial charge in [-0.05, 0) is 72.9 Å². The lowest BCUT2D eigenvalue weighted by Gasteiger charge is -2.13. The van der Waals surface area contributed by atoms with Crippen LogP contribution in [0.25, 0.3) is 0 Å². The zero-order chi connectivity index (χ0) is 15.7. The van der Waals surface area contributed by atoms with Crippen molar-refractivity contribution in [2.75, 3.05) is 0 Å². The highest BCUT2D eigenvalue weighted by atomic mass is 15.3. The predicted molar refractivity (Wildman–Crippen MR) is 86.8 cm³/mol. The van der Waals surface area contributed by atoms with Crippen molar-refractivity contribution in [3.05, 3.63) is 34.4 Å². The average molecular weight is 288 g/mol. The van der Waals surface area contributed by atoms with Crippen LogP contribution in [0.4, 0.5) is 0 Å². The van der Waals surface area contributed by atoms with Crippen molar-refractivity contribution in [2.24, 2.45) is 0 Å². The monoisotopic (exact) mass is 288 g/mol. The highest BCUT2D eigenvalue weighted by Crippen LogP contribution is 2.21. The summed E-state index contributed by atoms with van der Waals surface area (Å²) in [6, 6.07) is 2.97. The van der Waals surface area contributed by atoms with Gasteiger partial charge in [-0.2, -0.15) is 10.2 Å². The second kappa shape index (κ2) is 6.04. The van der Waals surface area contributed by atoms with Crippen LogP contribution in [0.1, 0.15) is 67.6 Å². The Bertz CT molecular complexity index is 619. The van der Waals surface area contributed by atoms with E-state index in [4.69, 9.17) is 5.10 Å². The summed E-state index contributed by atoms with van der Waals surface area (Å²) in [7, 11) is 0. The molecule has 2 rings (SSSR count). The molecule has 0 saturated carbocycles. The molecule has 1 unspecified atom stereocenters. The number of aromatic nitrogens is 4. The molecule has 21 heavy (non-hydrogen) atoms. The van der Waals surface area contributed by atoms with Gasteiger partial charge in [-0.1, -0.05) is 0 Å². The Morgan fingerprint density at radius 3 is 2.14 bits per heavy atom. The summed E-state index contributed by atoms with van der Waals surface area (Å²) < 4.78 is 4.27. The maximum absolute atomic E-state index is 4.79. The van der Waals surface area contributed by atoms with Crippen molar-refractivity contribution in [3.63, 3.8) is 0 Å². The molecular formula is C17H28N4. The van der Waals surface area contributed by atoms with Crippen LogP contribution in [0, 0.1) is 27.7 Å². The SMILES string of the molecule is Cc1cc(C)n(C(C)CCc2nn(C(C)C)c(C)c2C)n1. The van der Waals surface area contributed by atoms with Crippen LogP contribution in [0.2, 0.25) is 0 Å². The normalized spacial score (nSPS) is 13.1. The molecule has 0 bridgehead atoms. The van der Waals surface area contributed by atoms with E-state index < -0.39 is 0 Å². The third-order valence-electron chi connectivity index (χ3n) is 4.30. The maximum Gasteiger partial charge on any atom is 0.0657 e. The molecule has 0 N–H and O–H groups in total. The van der Waals surface area contributed by atoms with Crippen molar-refractivity contribution in [1.29, 1.82) is 0 Å². The first-order valence-corrected chi connectivity index (χ1v) is 7.88. The first kappa shape index (κ1) is 15.8. The molecule has 0 aliphatic carbocycles. The minimum absolute atomic E-state index is 0.405. The molecule has 0 amide bonds. The Kier molecular flexibility index (Phi) is 4.55. The Hall–Kier alpha value is -1.58. The molecule has 0 spiro atoms. The summed E-state index contributed by atoms with van der Waals surface area (Å²) in [5.41, 5.74) is 6.19. The second-order valence-corrected chi connectivity index (χ2v) is 6.45. The lowest BCUT2D eigenvalue weighted by atomic mass is 10.1. The van der Waals surface area contributed by atoms with Gasteiger partial charge < -0.3 is 0 Å². The van der Waals surface area contributed by atoms with E-state index in [9.17, 15) is 0 Å². The third kappa shape index (κ3) is 3.20. The van der Waals surface area contributed by atoms with Crippen LogP contribution in [-0.4, -0.2) is 19.6 Å². The molecule has 116 valence electrons. The van der Waals surface area contributed by atoms with Crippen LogP contribution in [0.15, 0.2) is 6.07 Å². The average Bonchev–Trinajstić information content (AvgIpc) is 2.89. The van der Waals surface area contributed by atoms with Crippen molar-refractivity contribution >= 4 is 0 Å². The summed E-state index contributed by atoms with van der Waals surface area (Å²) in [5.74, 6) is 0. The fraction of sp³-hybridized carbons (Fsp3) is 0.647. The number of rotatable bonds is 5. The van der Waals surface area contributed by atoms with Crippen LogP contribution in [0.5, 0.6) is 0 Å². The molecule has 2 aromatic heterocycles. The van der Waals surface area contributed by atoms with E-state index in [0.29, 0.717) is 12.1 Å². The highest BCUT2D eigenvalue weighted by Gasteiger charge is 2.15. The third-order valence-corrected chi connectivity index (χ3v) is 4.30. The predicted octanol–water partition coefficient (Wildman–Crippen LogP) is 4.09. The Labute approximate surface area is 128 Å². The topological polar surface area (TPSA) is 35.6 Å². The fourth-order valence-electron chi connectivity index (χ4n) is 2.96. The van der Waals surface area contributed by atoms with E-state index in [0.717, 1.165) is 18.5 Å². The van der Waals surface area contributed by atoms with Gasteiger partial charge in [0, 0.05) is 23.5 Å². The first-order valence-electron chi connectivity index (χ1n) is 7.88. The molecule has 4 nitrogen and oxygen atoms in total. The molecule has 0 fully saturated rings. The molecule has 0 aromatic carbocycles. The van der Waals surface area contributed by atoms with Crippen LogP contribution in [0.3, 0.4) is 0 Å². The number of hydrogen-bond acceptors (Lipinski definition) is 2. The number of hydrogen-bond donors (Lipinski definition) is 0. The number of nitrogens with zero attached hydrogens (tertiary/aromatic N) is 4. The van der Waals surface area contributed by atoms with E-state index in [-0.39, 0.29) is 0 Å². The van der Waals surface area contributed by atoms with Crippen molar-refractivity contribution in [2.45, 2.75) is 73.4 Å². The van der Waals surface area contributed by atoms with E-state index >= 15 is 0 Å². The quantitative estimate of drug-likeness (QED) is 0.830. The zero-order valence-corrected chi connectivity index (χ0v) is 14.4.